The van der Waals surface area contributed by atoms with Crippen molar-refractivity contribution in [1.29, 1.82) is 0 Å². The number of carbonyl (C=O) groups is 1. The minimum absolute atomic E-state index is 0.206. The fourth-order valence-electron chi connectivity index (χ4n) is 2.31. The molecule has 0 spiro atoms. The molecule has 1 amide bonds. The number of methoxy groups -OCH3 is 1. The Hall–Kier alpha value is -3.54. The van der Waals surface area contributed by atoms with Crippen molar-refractivity contribution < 1.29 is 14.6 Å². The van der Waals surface area contributed by atoms with E-state index < -0.39 is 0 Å². The molecule has 0 saturated carbocycles. The van der Waals surface area contributed by atoms with Crippen LogP contribution in [0.15, 0.2) is 72.0 Å². The third kappa shape index (κ3) is 3.87. The number of hydrogen-bond donors (Lipinski definition) is 2. The van der Waals surface area contributed by atoms with Gasteiger partial charge in [-0.2, -0.15) is 5.10 Å². The standard InChI is InChI=1S/C19H17N3O3/c1-25-18-10-4-14(5-11-18)19(24)21-20-13-16-3-2-12-22(16)15-6-8-17(23)9-7-15/h2-13,23H,1H3,(H,21,24)/b20-13-. The second-order valence-electron chi connectivity index (χ2n) is 5.25. The van der Waals surface area contributed by atoms with Gasteiger partial charge in [0.1, 0.15) is 11.5 Å². The molecule has 6 heteroatoms. The van der Waals surface area contributed by atoms with Gasteiger partial charge >= 0.3 is 0 Å². The van der Waals surface area contributed by atoms with Crippen LogP contribution in [0.2, 0.25) is 0 Å². The van der Waals surface area contributed by atoms with E-state index >= 15 is 0 Å². The first-order valence-electron chi connectivity index (χ1n) is 7.61. The Kier molecular flexibility index (Phi) is 4.80. The summed E-state index contributed by atoms with van der Waals surface area (Å²) in [6.07, 6.45) is 3.44. The molecule has 0 aliphatic rings. The van der Waals surface area contributed by atoms with Gasteiger partial charge in [0.15, 0.2) is 0 Å². The smallest absolute Gasteiger partial charge is 0.271 e. The number of aromatic hydroxyl groups is 1. The molecule has 0 fully saturated rings. The van der Waals surface area contributed by atoms with E-state index in [2.05, 4.69) is 10.5 Å². The molecular formula is C19H17N3O3. The summed E-state index contributed by atoms with van der Waals surface area (Å²) in [7, 11) is 1.57. The van der Waals surface area contributed by atoms with E-state index in [4.69, 9.17) is 4.74 Å². The zero-order chi connectivity index (χ0) is 17.6. The van der Waals surface area contributed by atoms with Crippen molar-refractivity contribution in [3.8, 4) is 17.2 Å². The van der Waals surface area contributed by atoms with Crippen molar-refractivity contribution in [2.75, 3.05) is 7.11 Å². The zero-order valence-electron chi connectivity index (χ0n) is 13.6. The van der Waals surface area contributed by atoms with E-state index in [-0.39, 0.29) is 11.7 Å². The van der Waals surface area contributed by atoms with Crippen molar-refractivity contribution in [2.45, 2.75) is 0 Å². The van der Waals surface area contributed by atoms with Gasteiger partial charge in [-0.25, -0.2) is 5.43 Å². The maximum Gasteiger partial charge on any atom is 0.271 e. The molecule has 1 heterocycles. The number of benzene rings is 2. The van der Waals surface area contributed by atoms with Crippen molar-refractivity contribution in [3.05, 3.63) is 78.1 Å². The Balaban J connectivity index is 1.69. The number of nitrogens with zero attached hydrogens (tertiary/aromatic N) is 2. The number of phenols is 1. The average molecular weight is 335 g/mol. The van der Waals surface area contributed by atoms with Crippen LogP contribution in [0.1, 0.15) is 16.1 Å². The van der Waals surface area contributed by atoms with E-state index in [1.54, 1.807) is 61.9 Å². The molecule has 0 radical (unpaired) electrons. The van der Waals surface area contributed by atoms with E-state index in [9.17, 15) is 9.90 Å². The number of hydrazone groups is 1. The van der Waals surface area contributed by atoms with Gasteiger partial charge in [-0.15, -0.1) is 0 Å². The molecule has 0 aliphatic carbocycles. The quantitative estimate of drug-likeness (QED) is 0.556. The van der Waals surface area contributed by atoms with Crippen LogP contribution in [0.25, 0.3) is 5.69 Å². The first-order valence-corrected chi connectivity index (χ1v) is 7.61. The third-order valence-electron chi connectivity index (χ3n) is 3.62. The summed E-state index contributed by atoms with van der Waals surface area (Å²) in [5.41, 5.74) is 4.66. The topological polar surface area (TPSA) is 75.8 Å². The van der Waals surface area contributed by atoms with Crippen LogP contribution in [-0.2, 0) is 0 Å². The molecule has 1 aromatic heterocycles. The van der Waals surface area contributed by atoms with E-state index in [1.807, 2.05) is 22.9 Å². The molecule has 0 saturated heterocycles. The summed E-state index contributed by atoms with van der Waals surface area (Å²) >= 11 is 0. The van der Waals surface area contributed by atoms with Crippen LogP contribution >= 0.6 is 0 Å². The van der Waals surface area contributed by atoms with Gasteiger partial charge in [-0.05, 0) is 60.7 Å². The zero-order valence-corrected chi connectivity index (χ0v) is 13.6. The first kappa shape index (κ1) is 16.3. The largest absolute Gasteiger partial charge is 0.508 e. The van der Waals surface area contributed by atoms with Gasteiger partial charge in [-0.3, -0.25) is 4.79 Å². The Labute approximate surface area is 145 Å². The molecule has 3 rings (SSSR count). The highest BCUT2D eigenvalue weighted by Gasteiger charge is 2.05. The van der Waals surface area contributed by atoms with Gasteiger partial charge in [0.25, 0.3) is 5.91 Å². The average Bonchev–Trinajstić information content (AvgIpc) is 3.11. The Morgan fingerprint density at radius 3 is 2.52 bits per heavy atom. The second-order valence-corrected chi connectivity index (χ2v) is 5.25. The molecule has 0 atom stereocenters. The fourth-order valence-corrected chi connectivity index (χ4v) is 2.31. The summed E-state index contributed by atoms with van der Waals surface area (Å²) in [6.45, 7) is 0. The summed E-state index contributed by atoms with van der Waals surface area (Å²) in [4.78, 5) is 12.1. The van der Waals surface area contributed by atoms with Crippen molar-refractivity contribution in [2.24, 2.45) is 5.10 Å². The molecule has 0 aliphatic heterocycles. The van der Waals surface area contributed by atoms with E-state index in [0.717, 1.165) is 11.4 Å². The van der Waals surface area contributed by atoms with E-state index in [1.165, 1.54) is 0 Å². The number of hydrogen-bond acceptors (Lipinski definition) is 4. The molecule has 126 valence electrons. The lowest BCUT2D eigenvalue weighted by atomic mass is 10.2. The molecule has 25 heavy (non-hydrogen) atoms. The lowest BCUT2D eigenvalue weighted by molar-refractivity contribution is 0.0955. The molecule has 0 bridgehead atoms. The number of nitrogens with one attached hydrogen (secondary N) is 1. The lowest BCUT2D eigenvalue weighted by Crippen LogP contribution is -2.17. The van der Waals surface area contributed by atoms with Crippen LogP contribution in [0.4, 0.5) is 0 Å². The van der Waals surface area contributed by atoms with Crippen molar-refractivity contribution >= 4 is 12.1 Å². The predicted octanol–water partition coefficient (Wildman–Crippen LogP) is 2.96. The minimum atomic E-state index is -0.304. The maximum absolute atomic E-state index is 12.1. The highest BCUT2D eigenvalue weighted by Crippen LogP contribution is 2.15. The summed E-state index contributed by atoms with van der Waals surface area (Å²) in [5.74, 6) is 0.589. The third-order valence-corrected chi connectivity index (χ3v) is 3.62. The maximum atomic E-state index is 12.1. The van der Waals surface area contributed by atoms with Gasteiger partial charge in [-0.1, -0.05) is 0 Å². The number of phenolic OH excluding ortho intramolecular Hbond substituents is 1. The molecule has 2 aromatic carbocycles. The normalized spacial score (nSPS) is 10.8. The van der Waals surface area contributed by atoms with Crippen LogP contribution in [0.3, 0.4) is 0 Å². The molecule has 2 N–H and O–H groups in total. The Morgan fingerprint density at radius 2 is 1.84 bits per heavy atom. The summed E-state index contributed by atoms with van der Waals surface area (Å²) < 4.78 is 6.95. The summed E-state index contributed by atoms with van der Waals surface area (Å²) in [5, 5.41) is 13.4. The highest BCUT2D eigenvalue weighted by atomic mass is 16.5. The summed E-state index contributed by atoms with van der Waals surface area (Å²) in [6, 6.07) is 17.3. The SMILES string of the molecule is COc1ccc(C(=O)N/N=C\c2cccn2-c2ccc(O)cc2)cc1. The van der Waals surface area contributed by atoms with Gasteiger partial charge in [0.2, 0.25) is 0 Å². The molecular weight excluding hydrogens is 318 g/mol. The van der Waals surface area contributed by atoms with Gasteiger partial charge in [0.05, 0.1) is 19.0 Å². The van der Waals surface area contributed by atoms with Crippen LogP contribution in [-0.4, -0.2) is 28.9 Å². The van der Waals surface area contributed by atoms with Crippen molar-refractivity contribution in [1.82, 2.24) is 9.99 Å². The number of aromatic nitrogens is 1. The fraction of sp³-hybridized carbons (Fsp3) is 0.0526. The number of carbonyl (C=O) groups excluding carboxylic acids is 1. The van der Waals surface area contributed by atoms with Gasteiger partial charge in [0, 0.05) is 17.4 Å². The Bertz CT molecular complexity index is 881. The number of rotatable bonds is 5. The van der Waals surface area contributed by atoms with E-state index in [0.29, 0.717) is 11.3 Å². The van der Waals surface area contributed by atoms with Gasteiger partial charge < -0.3 is 14.4 Å². The second kappa shape index (κ2) is 7.35. The van der Waals surface area contributed by atoms with Crippen LogP contribution in [0.5, 0.6) is 11.5 Å². The molecule has 3 aromatic rings. The number of amides is 1. The monoisotopic (exact) mass is 335 g/mol. The highest BCUT2D eigenvalue weighted by molar-refractivity contribution is 5.94. The number of ether oxygens (including phenoxy) is 1. The Morgan fingerprint density at radius 1 is 1.12 bits per heavy atom. The lowest BCUT2D eigenvalue weighted by Gasteiger charge is -2.06. The minimum Gasteiger partial charge on any atom is -0.508 e. The van der Waals surface area contributed by atoms with Crippen LogP contribution < -0.4 is 10.2 Å². The van der Waals surface area contributed by atoms with Crippen molar-refractivity contribution in [3.63, 3.8) is 0 Å². The first-order chi connectivity index (χ1) is 12.2. The predicted molar refractivity (Wildman–Crippen MR) is 95.5 cm³/mol. The molecule has 0 unspecified atom stereocenters. The van der Waals surface area contributed by atoms with Crippen LogP contribution in [0, 0.1) is 0 Å². The molecule has 6 nitrogen and oxygen atoms in total.